The minimum absolute atomic E-state index is 0.667. The van der Waals surface area contributed by atoms with Crippen molar-refractivity contribution in [1.29, 1.82) is 0 Å². The highest BCUT2D eigenvalue weighted by Gasteiger charge is 2.05. The number of H-pyrrole nitrogens is 1. The monoisotopic (exact) mass is 240 g/mol. The topological polar surface area (TPSA) is 71.4 Å². The van der Waals surface area contributed by atoms with Crippen molar-refractivity contribution in [3.8, 4) is 5.82 Å². The minimum Gasteiger partial charge on any atom is -0.376 e. The van der Waals surface area contributed by atoms with Crippen molar-refractivity contribution < 1.29 is 0 Å². The predicted octanol–water partition coefficient (Wildman–Crippen LogP) is 1.60. The molecule has 0 radical (unpaired) electrons. The number of aromatic nitrogens is 5. The van der Waals surface area contributed by atoms with Crippen LogP contribution in [0.4, 0.5) is 5.69 Å². The second-order valence-electron chi connectivity index (χ2n) is 3.76. The highest BCUT2D eigenvalue weighted by atomic mass is 15.3. The molecule has 0 aliphatic heterocycles. The van der Waals surface area contributed by atoms with Crippen molar-refractivity contribution in [2.45, 2.75) is 6.54 Å². The molecule has 3 aromatic heterocycles. The third kappa shape index (κ3) is 2.08. The van der Waals surface area contributed by atoms with Crippen molar-refractivity contribution in [1.82, 2.24) is 24.7 Å². The molecule has 0 saturated heterocycles. The van der Waals surface area contributed by atoms with Crippen LogP contribution in [-0.2, 0) is 6.54 Å². The van der Waals surface area contributed by atoms with Crippen molar-refractivity contribution in [2.24, 2.45) is 0 Å². The van der Waals surface area contributed by atoms with Crippen LogP contribution in [0.25, 0.3) is 5.82 Å². The van der Waals surface area contributed by atoms with E-state index < -0.39 is 0 Å². The third-order valence-corrected chi connectivity index (χ3v) is 2.53. The van der Waals surface area contributed by atoms with Crippen LogP contribution in [0.2, 0.25) is 0 Å². The lowest BCUT2D eigenvalue weighted by atomic mass is 10.3. The second-order valence-corrected chi connectivity index (χ2v) is 3.76. The van der Waals surface area contributed by atoms with Gasteiger partial charge >= 0.3 is 0 Å². The van der Waals surface area contributed by atoms with Gasteiger partial charge < -0.3 is 10.3 Å². The van der Waals surface area contributed by atoms with Gasteiger partial charge in [0.05, 0.1) is 24.3 Å². The first-order valence-electron chi connectivity index (χ1n) is 5.59. The van der Waals surface area contributed by atoms with Gasteiger partial charge in [0.15, 0.2) is 5.82 Å². The quantitative estimate of drug-likeness (QED) is 0.726. The van der Waals surface area contributed by atoms with Crippen molar-refractivity contribution in [2.75, 3.05) is 5.32 Å². The molecule has 18 heavy (non-hydrogen) atoms. The summed E-state index contributed by atoms with van der Waals surface area (Å²) in [7, 11) is 0. The first kappa shape index (κ1) is 10.5. The highest BCUT2D eigenvalue weighted by Crippen LogP contribution is 2.16. The summed E-state index contributed by atoms with van der Waals surface area (Å²) in [4.78, 5) is 11.4. The number of hydrogen-bond donors (Lipinski definition) is 2. The molecular formula is C12H12N6. The van der Waals surface area contributed by atoms with E-state index in [0.29, 0.717) is 6.54 Å². The van der Waals surface area contributed by atoms with E-state index in [9.17, 15) is 0 Å². The highest BCUT2D eigenvalue weighted by molar-refractivity contribution is 5.56. The van der Waals surface area contributed by atoms with Crippen LogP contribution in [0.5, 0.6) is 0 Å². The maximum absolute atomic E-state index is 4.33. The van der Waals surface area contributed by atoms with Gasteiger partial charge in [0.2, 0.25) is 0 Å². The van der Waals surface area contributed by atoms with Gasteiger partial charge in [-0.2, -0.15) is 5.10 Å². The molecule has 90 valence electrons. The zero-order valence-corrected chi connectivity index (χ0v) is 9.61. The summed E-state index contributed by atoms with van der Waals surface area (Å²) < 4.78 is 1.73. The average molecular weight is 240 g/mol. The lowest BCUT2D eigenvalue weighted by Gasteiger charge is -2.09. The number of pyridine rings is 1. The zero-order chi connectivity index (χ0) is 12.2. The smallest absolute Gasteiger partial charge is 0.176 e. The Morgan fingerprint density at radius 1 is 1.28 bits per heavy atom. The number of rotatable bonds is 4. The second kappa shape index (κ2) is 4.70. The summed E-state index contributed by atoms with van der Waals surface area (Å²) >= 11 is 0. The Balaban J connectivity index is 1.84. The van der Waals surface area contributed by atoms with E-state index in [-0.39, 0.29) is 0 Å². The summed E-state index contributed by atoms with van der Waals surface area (Å²) in [6, 6.07) is 5.73. The van der Waals surface area contributed by atoms with Gasteiger partial charge in [0.25, 0.3) is 0 Å². The van der Waals surface area contributed by atoms with E-state index in [1.807, 2.05) is 24.4 Å². The number of aromatic amines is 1. The lowest BCUT2D eigenvalue weighted by molar-refractivity contribution is 0.845. The third-order valence-electron chi connectivity index (χ3n) is 2.53. The zero-order valence-electron chi connectivity index (χ0n) is 9.61. The van der Waals surface area contributed by atoms with E-state index in [0.717, 1.165) is 17.2 Å². The Bertz CT molecular complexity index is 599. The molecule has 0 aromatic carbocycles. The Kier molecular flexibility index (Phi) is 2.75. The summed E-state index contributed by atoms with van der Waals surface area (Å²) in [5, 5.41) is 7.50. The molecule has 0 amide bonds. The fourth-order valence-electron chi connectivity index (χ4n) is 1.68. The molecule has 0 bridgehead atoms. The maximum Gasteiger partial charge on any atom is 0.176 e. The Morgan fingerprint density at radius 2 is 2.28 bits per heavy atom. The molecule has 0 saturated carbocycles. The molecule has 3 aromatic rings. The molecule has 0 spiro atoms. The Labute approximate surface area is 104 Å². The summed E-state index contributed by atoms with van der Waals surface area (Å²) in [6.45, 7) is 0.667. The Hall–Kier alpha value is -2.63. The number of imidazole rings is 1. The fraction of sp³-hybridized carbons (Fsp3) is 0.0833. The van der Waals surface area contributed by atoms with Crippen LogP contribution in [0.3, 0.4) is 0 Å². The summed E-state index contributed by atoms with van der Waals surface area (Å²) in [6.07, 6.45) is 8.79. The Morgan fingerprint density at radius 3 is 3.06 bits per heavy atom. The van der Waals surface area contributed by atoms with Crippen LogP contribution >= 0.6 is 0 Å². The standard InChI is InChI=1S/C12H12N6/c1-3-11(15-8-10-7-13-9-16-10)12(14-4-1)18-6-2-5-17-18/h1-7,9,15H,8H2,(H,13,16). The first-order valence-corrected chi connectivity index (χ1v) is 5.59. The SMILES string of the molecule is c1cnc(-n2cccn2)c(NCc2cnc[nH]2)c1. The van der Waals surface area contributed by atoms with Gasteiger partial charge in [-0.3, -0.25) is 0 Å². The summed E-state index contributed by atoms with van der Waals surface area (Å²) in [5.74, 6) is 0.780. The number of nitrogens with zero attached hydrogens (tertiary/aromatic N) is 4. The molecule has 2 N–H and O–H groups in total. The minimum atomic E-state index is 0.667. The van der Waals surface area contributed by atoms with Gasteiger partial charge in [-0.1, -0.05) is 0 Å². The molecule has 3 heterocycles. The molecule has 0 unspecified atom stereocenters. The maximum atomic E-state index is 4.33. The van der Waals surface area contributed by atoms with Crippen molar-refractivity contribution in [3.63, 3.8) is 0 Å². The number of anilines is 1. The normalized spacial score (nSPS) is 10.4. The van der Waals surface area contributed by atoms with Gasteiger partial charge in [-0.15, -0.1) is 0 Å². The largest absolute Gasteiger partial charge is 0.376 e. The van der Waals surface area contributed by atoms with Gasteiger partial charge in [-0.05, 0) is 18.2 Å². The van der Waals surface area contributed by atoms with E-state index in [2.05, 4.69) is 25.4 Å². The van der Waals surface area contributed by atoms with Crippen LogP contribution in [0, 0.1) is 0 Å². The van der Waals surface area contributed by atoms with Crippen molar-refractivity contribution >= 4 is 5.69 Å². The van der Waals surface area contributed by atoms with Crippen LogP contribution < -0.4 is 5.32 Å². The van der Waals surface area contributed by atoms with Crippen LogP contribution in [-0.4, -0.2) is 24.7 Å². The van der Waals surface area contributed by atoms with Gasteiger partial charge in [0, 0.05) is 24.8 Å². The molecule has 6 nitrogen and oxygen atoms in total. The van der Waals surface area contributed by atoms with E-state index in [4.69, 9.17) is 0 Å². The fourth-order valence-corrected chi connectivity index (χ4v) is 1.68. The molecule has 3 rings (SSSR count). The molecule has 0 atom stereocenters. The number of nitrogens with one attached hydrogen (secondary N) is 2. The number of hydrogen-bond acceptors (Lipinski definition) is 4. The van der Waals surface area contributed by atoms with Crippen LogP contribution in [0.15, 0.2) is 49.3 Å². The van der Waals surface area contributed by atoms with Crippen molar-refractivity contribution in [3.05, 3.63) is 55.0 Å². The van der Waals surface area contributed by atoms with E-state index in [1.54, 1.807) is 29.6 Å². The lowest BCUT2D eigenvalue weighted by Crippen LogP contribution is -2.06. The summed E-state index contributed by atoms with van der Waals surface area (Å²) in [5.41, 5.74) is 1.95. The van der Waals surface area contributed by atoms with E-state index in [1.165, 1.54) is 0 Å². The van der Waals surface area contributed by atoms with E-state index >= 15 is 0 Å². The van der Waals surface area contributed by atoms with Gasteiger partial charge in [0.1, 0.15) is 0 Å². The average Bonchev–Trinajstić information content (AvgIpc) is 3.10. The molecular weight excluding hydrogens is 228 g/mol. The molecule has 0 aliphatic rings. The van der Waals surface area contributed by atoms with Gasteiger partial charge in [-0.25, -0.2) is 14.6 Å². The predicted molar refractivity (Wildman–Crippen MR) is 67.3 cm³/mol. The van der Waals surface area contributed by atoms with Crippen LogP contribution in [0.1, 0.15) is 5.69 Å². The first-order chi connectivity index (χ1) is 8.93. The molecule has 0 fully saturated rings. The molecule has 0 aliphatic carbocycles. The molecule has 6 heteroatoms.